The number of rotatable bonds is 4. The molecule has 3 heteroatoms. The third-order valence-corrected chi connectivity index (χ3v) is 3.88. The van der Waals surface area contributed by atoms with E-state index < -0.39 is 0 Å². The molecular formula is C13H14BrNS. The average molecular weight is 296 g/mol. The summed E-state index contributed by atoms with van der Waals surface area (Å²) in [5.41, 5.74) is 1.31. The van der Waals surface area contributed by atoms with Gasteiger partial charge in [0, 0.05) is 21.9 Å². The summed E-state index contributed by atoms with van der Waals surface area (Å²) in [7, 11) is 0. The van der Waals surface area contributed by atoms with Crippen molar-refractivity contribution in [3.05, 3.63) is 56.7 Å². The van der Waals surface area contributed by atoms with Crippen molar-refractivity contribution in [3.63, 3.8) is 0 Å². The van der Waals surface area contributed by atoms with Gasteiger partial charge in [0.1, 0.15) is 0 Å². The highest BCUT2D eigenvalue weighted by Crippen LogP contribution is 2.18. The maximum Gasteiger partial charge on any atom is 0.0305 e. The van der Waals surface area contributed by atoms with E-state index in [9.17, 15) is 0 Å². The van der Waals surface area contributed by atoms with Crippen LogP contribution in [0.4, 0.5) is 0 Å². The Morgan fingerprint density at radius 3 is 2.88 bits per heavy atom. The van der Waals surface area contributed by atoms with Gasteiger partial charge in [-0.05, 0) is 36.1 Å². The number of hydrogen-bond donors (Lipinski definition) is 1. The van der Waals surface area contributed by atoms with Crippen LogP contribution in [0.15, 0.2) is 46.3 Å². The Morgan fingerprint density at radius 2 is 2.19 bits per heavy atom. The molecule has 0 amide bonds. The van der Waals surface area contributed by atoms with Crippen LogP contribution in [0.1, 0.15) is 23.4 Å². The van der Waals surface area contributed by atoms with Crippen LogP contribution in [-0.2, 0) is 6.54 Å². The van der Waals surface area contributed by atoms with Gasteiger partial charge in [-0.15, -0.1) is 11.3 Å². The van der Waals surface area contributed by atoms with Crippen molar-refractivity contribution in [2.24, 2.45) is 0 Å². The molecule has 1 heterocycles. The molecule has 1 atom stereocenters. The van der Waals surface area contributed by atoms with Crippen molar-refractivity contribution in [1.29, 1.82) is 0 Å². The second-order valence-electron chi connectivity index (χ2n) is 3.74. The summed E-state index contributed by atoms with van der Waals surface area (Å²) in [6.45, 7) is 3.13. The Morgan fingerprint density at radius 1 is 1.31 bits per heavy atom. The molecule has 0 fully saturated rings. The van der Waals surface area contributed by atoms with Gasteiger partial charge in [0.05, 0.1) is 0 Å². The minimum absolute atomic E-state index is 0.375. The minimum Gasteiger partial charge on any atom is -0.305 e. The molecule has 2 aromatic rings. The van der Waals surface area contributed by atoms with Crippen molar-refractivity contribution in [1.82, 2.24) is 5.32 Å². The van der Waals surface area contributed by atoms with E-state index in [2.05, 4.69) is 69.9 Å². The van der Waals surface area contributed by atoms with Crippen molar-refractivity contribution in [3.8, 4) is 0 Å². The van der Waals surface area contributed by atoms with E-state index in [4.69, 9.17) is 0 Å². The van der Waals surface area contributed by atoms with E-state index in [0.717, 1.165) is 11.0 Å². The highest BCUT2D eigenvalue weighted by molar-refractivity contribution is 9.10. The van der Waals surface area contributed by atoms with Crippen LogP contribution in [-0.4, -0.2) is 0 Å². The summed E-state index contributed by atoms with van der Waals surface area (Å²) in [6, 6.07) is 13.1. The molecule has 0 spiro atoms. The highest BCUT2D eigenvalue weighted by Gasteiger charge is 2.05. The van der Waals surface area contributed by atoms with Crippen LogP contribution in [0.25, 0.3) is 0 Å². The third-order valence-electron chi connectivity index (χ3n) is 2.51. The third kappa shape index (κ3) is 3.17. The normalized spacial score (nSPS) is 12.6. The van der Waals surface area contributed by atoms with Gasteiger partial charge in [-0.2, -0.15) is 0 Å². The Kier molecular flexibility index (Phi) is 4.16. The molecule has 1 aromatic heterocycles. The zero-order chi connectivity index (χ0) is 11.4. The van der Waals surface area contributed by atoms with Gasteiger partial charge in [0.15, 0.2) is 0 Å². The molecular weight excluding hydrogens is 282 g/mol. The summed E-state index contributed by atoms with van der Waals surface area (Å²) in [5.74, 6) is 0. The molecule has 0 saturated carbocycles. The first kappa shape index (κ1) is 11.8. The lowest BCUT2D eigenvalue weighted by atomic mass is 10.1. The number of hydrogen-bond acceptors (Lipinski definition) is 2. The van der Waals surface area contributed by atoms with Gasteiger partial charge in [0.2, 0.25) is 0 Å². The van der Waals surface area contributed by atoms with Gasteiger partial charge in [-0.1, -0.05) is 34.1 Å². The predicted molar refractivity (Wildman–Crippen MR) is 73.7 cm³/mol. The van der Waals surface area contributed by atoms with Crippen LogP contribution < -0.4 is 5.32 Å². The number of nitrogens with one attached hydrogen (secondary N) is 1. The standard InChI is InChI=1S/C13H14BrNS/c1-10(11-4-2-5-12(14)8-11)15-9-13-6-3-7-16-13/h2-8,10,15H,9H2,1H3. The largest absolute Gasteiger partial charge is 0.305 e. The van der Waals surface area contributed by atoms with Crippen LogP contribution >= 0.6 is 27.3 Å². The zero-order valence-electron chi connectivity index (χ0n) is 9.11. The molecule has 1 N–H and O–H groups in total. The summed E-state index contributed by atoms with van der Waals surface area (Å²) < 4.78 is 1.13. The van der Waals surface area contributed by atoms with E-state index in [1.165, 1.54) is 10.4 Å². The number of thiophene rings is 1. The summed E-state index contributed by atoms with van der Waals surface area (Å²) in [4.78, 5) is 1.38. The maximum atomic E-state index is 3.52. The van der Waals surface area contributed by atoms with E-state index in [1.807, 2.05) is 0 Å². The molecule has 0 saturated heterocycles. The topological polar surface area (TPSA) is 12.0 Å². The SMILES string of the molecule is CC(NCc1cccs1)c1cccc(Br)c1. The van der Waals surface area contributed by atoms with Gasteiger partial charge >= 0.3 is 0 Å². The minimum atomic E-state index is 0.375. The van der Waals surface area contributed by atoms with E-state index in [1.54, 1.807) is 11.3 Å². The van der Waals surface area contributed by atoms with Crippen LogP contribution in [0, 0.1) is 0 Å². The number of halogens is 1. The fourth-order valence-electron chi connectivity index (χ4n) is 1.56. The summed E-state index contributed by atoms with van der Waals surface area (Å²) in [6.07, 6.45) is 0. The van der Waals surface area contributed by atoms with Gasteiger partial charge < -0.3 is 5.32 Å². The van der Waals surface area contributed by atoms with Crippen molar-refractivity contribution < 1.29 is 0 Å². The molecule has 0 radical (unpaired) electrons. The van der Waals surface area contributed by atoms with Crippen molar-refractivity contribution >= 4 is 27.3 Å². The zero-order valence-corrected chi connectivity index (χ0v) is 11.5. The second kappa shape index (κ2) is 5.62. The fraction of sp³-hybridized carbons (Fsp3) is 0.231. The molecule has 0 aliphatic heterocycles. The quantitative estimate of drug-likeness (QED) is 0.884. The van der Waals surface area contributed by atoms with Crippen LogP contribution in [0.3, 0.4) is 0 Å². The molecule has 1 aromatic carbocycles. The first-order chi connectivity index (χ1) is 7.75. The molecule has 0 aliphatic carbocycles. The van der Waals surface area contributed by atoms with Crippen molar-refractivity contribution in [2.45, 2.75) is 19.5 Å². The van der Waals surface area contributed by atoms with Gasteiger partial charge in [0.25, 0.3) is 0 Å². The Bertz CT molecular complexity index is 439. The van der Waals surface area contributed by atoms with Gasteiger partial charge in [-0.25, -0.2) is 0 Å². The predicted octanol–water partition coefficient (Wildman–Crippen LogP) is 4.36. The smallest absolute Gasteiger partial charge is 0.0305 e. The van der Waals surface area contributed by atoms with Gasteiger partial charge in [-0.3, -0.25) is 0 Å². The van der Waals surface area contributed by atoms with E-state index >= 15 is 0 Å². The molecule has 1 unspecified atom stereocenters. The summed E-state index contributed by atoms with van der Waals surface area (Å²) >= 11 is 5.29. The molecule has 0 aliphatic rings. The monoisotopic (exact) mass is 295 g/mol. The first-order valence-electron chi connectivity index (χ1n) is 5.27. The van der Waals surface area contributed by atoms with Crippen molar-refractivity contribution in [2.75, 3.05) is 0 Å². The first-order valence-corrected chi connectivity index (χ1v) is 6.94. The lowest BCUT2D eigenvalue weighted by Crippen LogP contribution is -2.17. The van der Waals surface area contributed by atoms with E-state index in [0.29, 0.717) is 6.04 Å². The highest BCUT2D eigenvalue weighted by atomic mass is 79.9. The Balaban J connectivity index is 1.95. The van der Waals surface area contributed by atoms with Crippen LogP contribution in [0.2, 0.25) is 0 Å². The average Bonchev–Trinajstić information content (AvgIpc) is 2.78. The molecule has 84 valence electrons. The molecule has 2 rings (SSSR count). The molecule has 0 bridgehead atoms. The number of benzene rings is 1. The molecule has 1 nitrogen and oxygen atoms in total. The van der Waals surface area contributed by atoms with E-state index in [-0.39, 0.29) is 0 Å². The Hall–Kier alpha value is -0.640. The van der Waals surface area contributed by atoms with Crippen LogP contribution in [0.5, 0.6) is 0 Å². The maximum absolute atomic E-state index is 3.52. The Labute approximate surface area is 109 Å². The fourth-order valence-corrected chi connectivity index (χ4v) is 2.63. The molecule has 16 heavy (non-hydrogen) atoms. The summed E-state index contributed by atoms with van der Waals surface area (Å²) in [5, 5.41) is 5.63. The second-order valence-corrected chi connectivity index (χ2v) is 5.68. The lowest BCUT2D eigenvalue weighted by Gasteiger charge is -2.13. The lowest BCUT2D eigenvalue weighted by molar-refractivity contribution is 0.578.